The molecule has 3 nitrogen and oxygen atoms in total. The summed E-state index contributed by atoms with van der Waals surface area (Å²) in [5.41, 5.74) is 8.77. The topological polar surface area (TPSA) is 43.8 Å². The fourth-order valence-electron chi connectivity index (χ4n) is 3.14. The monoisotopic (exact) mass is 235 g/mol. The number of nitrogens with zero attached hydrogens (tertiary/aromatic N) is 2. The molecule has 1 fully saturated rings. The van der Waals surface area contributed by atoms with Gasteiger partial charge in [-0.25, -0.2) is 0 Å². The Labute approximate surface area is 104 Å². The van der Waals surface area contributed by atoms with Crippen LogP contribution in [0.1, 0.15) is 57.0 Å². The van der Waals surface area contributed by atoms with Gasteiger partial charge in [0.15, 0.2) is 0 Å². The van der Waals surface area contributed by atoms with Gasteiger partial charge < -0.3 is 5.73 Å². The Morgan fingerprint density at radius 1 is 1.53 bits per heavy atom. The highest BCUT2D eigenvalue weighted by Crippen LogP contribution is 2.35. The van der Waals surface area contributed by atoms with E-state index in [1.165, 1.54) is 31.4 Å². The average molecular weight is 235 g/mol. The molecule has 0 amide bonds. The van der Waals surface area contributed by atoms with Gasteiger partial charge in [0.25, 0.3) is 0 Å². The van der Waals surface area contributed by atoms with Crippen molar-refractivity contribution in [3.05, 3.63) is 17.5 Å². The predicted molar refractivity (Wildman–Crippen MR) is 70.7 cm³/mol. The second-order valence-corrected chi connectivity index (χ2v) is 5.58. The minimum Gasteiger partial charge on any atom is -0.322 e. The molecule has 17 heavy (non-hydrogen) atoms. The van der Waals surface area contributed by atoms with Gasteiger partial charge in [-0.2, -0.15) is 5.10 Å². The summed E-state index contributed by atoms with van der Waals surface area (Å²) in [7, 11) is 0. The van der Waals surface area contributed by atoms with Gasteiger partial charge >= 0.3 is 0 Å². The average Bonchev–Trinajstić information content (AvgIpc) is 2.69. The van der Waals surface area contributed by atoms with Crippen molar-refractivity contribution >= 4 is 0 Å². The molecule has 2 rings (SSSR count). The molecule has 2 N–H and O–H groups in total. The third-order valence-corrected chi connectivity index (χ3v) is 4.06. The third kappa shape index (κ3) is 2.71. The summed E-state index contributed by atoms with van der Waals surface area (Å²) < 4.78 is 2.07. The minimum atomic E-state index is 0.166. The van der Waals surface area contributed by atoms with E-state index in [-0.39, 0.29) is 6.04 Å². The lowest BCUT2D eigenvalue weighted by atomic mass is 9.78. The normalized spacial score (nSPS) is 27.1. The molecular formula is C14H25N3. The zero-order valence-electron chi connectivity index (χ0n) is 11.3. The van der Waals surface area contributed by atoms with Crippen LogP contribution in [0.2, 0.25) is 0 Å². The van der Waals surface area contributed by atoms with E-state index in [0.29, 0.717) is 5.92 Å². The van der Waals surface area contributed by atoms with Gasteiger partial charge in [0.1, 0.15) is 0 Å². The number of rotatable bonds is 3. The molecule has 1 heterocycles. The van der Waals surface area contributed by atoms with E-state index in [1.807, 2.05) is 6.92 Å². The number of hydrogen-bond acceptors (Lipinski definition) is 2. The van der Waals surface area contributed by atoms with Gasteiger partial charge in [-0.15, -0.1) is 0 Å². The van der Waals surface area contributed by atoms with Crippen LogP contribution in [0.25, 0.3) is 0 Å². The van der Waals surface area contributed by atoms with Gasteiger partial charge in [0, 0.05) is 12.6 Å². The molecule has 96 valence electrons. The first-order chi connectivity index (χ1) is 8.11. The zero-order valence-corrected chi connectivity index (χ0v) is 11.3. The summed E-state index contributed by atoms with van der Waals surface area (Å²) in [5, 5.41) is 4.50. The fraction of sp³-hybridized carbons (Fsp3) is 0.786. The first-order valence-electron chi connectivity index (χ1n) is 6.91. The van der Waals surface area contributed by atoms with Crippen LogP contribution in [0, 0.1) is 18.8 Å². The lowest BCUT2D eigenvalue weighted by Gasteiger charge is -2.31. The molecule has 0 aromatic carbocycles. The van der Waals surface area contributed by atoms with Crippen LogP contribution in [-0.2, 0) is 6.54 Å². The summed E-state index contributed by atoms with van der Waals surface area (Å²) in [4.78, 5) is 0. The Balaban J connectivity index is 2.14. The molecule has 3 heteroatoms. The summed E-state index contributed by atoms with van der Waals surface area (Å²) in [5.74, 6) is 1.47. The van der Waals surface area contributed by atoms with Crippen LogP contribution < -0.4 is 5.73 Å². The van der Waals surface area contributed by atoms with E-state index in [1.54, 1.807) is 0 Å². The van der Waals surface area contributed by atoms with Crippen molar-refractivity contribution in [1.82, 2.24) is 9.78 Å². The summed E-state index contributed by atoms with van der Waals surface area (Å²) in [6.07, 6.45) is 5.25. The Bertz CT molecular complexity index is 370. The summed E-state index contributed by atoms with van der Waals surface area (Å²) in [6, 6.07) is 2.33. The first kappa shape index (κ1) is 12.6. The van der Waals surface area contributed by atoms with Gasteiger partial charge in [-0.1, -0.05) is 19.8 Å². The molecule has 1 aliphatic carbocycles. The Morgan fingerprint density at radius 3 is 2.94 bits per heavy atom. The maximum absolute atomic E-state index is 6.46. The smallest absolute Gasteiger partial charge is 0.0597 e. The SMILES string of the molecule is CCn1nc(C)cc1C(N)C1CCCC(C)C1. The van der Waals surface area contributed by atoms with Gasteiger partial charge in [-0.05, 0) is 44.6 Å². The first-order valence-corrected chi connectivity index (χ1v) is 6.91. The van der Waals surface area contributed by atoms with Crippen LogP contribution >= 0.6 is 0 Å². The molecule has 3 unspecified atom stereocenters. The van der Waals surface area contributed by atoms with E-state index in [9.17, 15) is 0 Å². The highest BCUT2D eigenvalue weighted by atomic mass is 15.3. The van der Waals surface area contributed by atoms with E-state index in [2.05, 4.69) is 29.7 Å². The zero-order chi connectivity index (χ0) is 12.4. The quantitative estimate of drug-likeness (QED) is 0.875. The van der Waals surface area contributed by atoms with Crippen molar-refractivity contribution in [1.29, 1.82) is 0 Å². The summed E-state index contributed by atoms with van der Waals surface area (Å²) in [6.45, 7) is 7.44. The van der Waals surface area contributed by atoms with E-state index in [0.717, 1.165) is 18.2 Å². The van der Waals surface area contributed by atoms with Crippen LogP contribution in [0.4, 0.5) is 0 Å². The van der Waals surface area contributed by atoms with Crippen molar-refractivity contribution in [3.8, 4) is 0 Å². The molecule has 1 aromatic heterocycles. The van der Waals surface area contributed by atoms with Crippen molar-refractivity contribution in [2.24, 2.45) is 17.6 Å². The molecule has 1 saturated carbocycles. The predicted octanol–water partition coefficient (Wildman–Crippen LogP) is 3.04. The molecule has 1 aliphatic rings. The fourth-order valence-corrected chi connectivity index (χ4v) is 3.14. The maximum Gasteiger partial charge on any atom is 0.0597 e. The van der Waals surface area contributed by atoms with Gasteiger partial charge in [0.05, 0.1) is 11.4 Å². The number of hydrogen-bond donors (Lipinski definition) is 1. The molecule has 0 spiro atoms. The Kier molecular flexibility index (Phi) is 3.87. The van der Waals surface area contributed by atoms with Crippen LogP contribution in [-0.4, -0.2) is 9.78 Å². The third-order valence-electron chi connectivity index (χ3n) is 4.06. The molecule has 0 aliphatic heterocycles. The lowest BCUT2D eigenvalue weighted by molar-refractivity contribution is 0.242. The highest BCUT2D eigenvalue weighted by Gasteiger charge is 2.27. The van der Waals surface area contributed by atoms with Crippen LogP contribution in [0.3, 0.4) is 0 Å². The molecule has 0 bridgehead atoms. The van der Waals surface area contributed by atoms with E-state index < -0.39 is 0 Å². The molecule has 0 saturated heterocycles. The number of nitrogens with two attached hydrogens (primary N) is 1. The lowest BCUT2D eigenvalue weighted by Crippen LogP contribution is -2.28. The van der Waals surface area contributed by atoms with Gasteiger partial charge in [-0.3, -0.25) is 4.68 Å². The second-order valence-electron chi connectivity index (χ2n) is 5.58. The highest BCUT2D eigenvalue weighted by molar-refractivity contribution is 5.14. The van der Waals surface area contributed by atoms with E-state index >= 15 is 0 Å². The van der Waals surface area contributed by atoms with Crippen LogP contribution in [0.5, 0.6) is 0 Å². The standard InChI is InChI=1S/C14H25N3/c1-4-17-13(9-11(3)16-17)14(15)12-7-5-6-10(2)8-12/h9-10,12,14H,4-8,15H2,1-3H3. The van der Waals surface area contributed by atoms with Gasteiger partial charge in [0.2, 0.25) is 0 Å². The largest absolute Gasteiger partial charge is 0.322 e. The number of aromatic nitrogens is 2. The Morgan fingerprint density at radius 2 is 2.29 bits per heavy atom. The molecule has 3 atom stereocenters. The number of aryl methyl sites for hydroxylation is 2. The molecule has 1 aromatic rings. The van der Waals surface area contributed by atoms with Crippen molar-refractivity contribution < 1.29 is 0 Å². The maximum atomic E-state index is 6.46. The van der Waals surface area contributed by atoms with E-state index in [4.69, 9.17) is 5.73 Å². The molecule has 0 radical (unpaired) electrons. The van der Waals surface area contributed by atoms with Crippen molar-refractivity contribution in [2.45, 2.75) is 59.0 Å². The molecular weight excluding hydrogens is 210 g/mol. The van der Waals surface area contributed by atoms with Crippen molar-refractivity contribution in [3.63, 3.8) is 0 Å². The Hall–Kier alpha value is -0.830. The second kappa shape index (κ2) is 5.21. The summed E-state index contributed by atoms with van der Waals surface area (Å²) >= 11 is 0. The van der Waals surface area contributed by atoms with Crippen LogP contribution in [0.15, 0.2) is 6.07 Å². The van der Waals surface area contributed by atoms with Crippen molar-refractivity contribution in [2.75, 3.05) is 0 Å². The minimum absolute atomic E-state index is 0.166.